The minimum atomic E-state index is -0.571. The molecule has 3 heterocycles. The first-order valence-corrected chi connectivity index (χ1v) is 13.4. The van der Waals surface area contributed by atoms with E-state index in [0.29, 0.717) is 39.3 Å². The minimum absolute atomic E-state index is 0.0142. The highest BCUT2D eigenvalue weighted by molar-refractivity contribution is 5.86. The molecule has 0 bridgehead atoms. The first kappa shape index (κ1) is 26.7. The highest BCUT2D eigenvalue weighted by atomic mass is 16.7. The van der Waals surface area contributed by atoms with Gasteiger partial charge in [0.2, 0.25) is 18.4 Å². The Morgan fingerprint density at radius 1 is 1.02 bits per heavy atom. The van der Waals surface area contributed by atoms with Gasteiger partial charge >= 0.3 is 5.69 Å². The molecule has 0 aliphatic carbocycles. The maximum Gasteiger partial charge on any atom is 0.315 e. The van der Waals surface area contributed by atoms with Crippen molar-refractivity contribution in [3.8, 4) is 34.6 Å². The van der Waals surface area contributed by atoms with Crippen LogP contribution in [0.15, 0.2) is 99.2 Å². The van der Waals surface area contributed by atoms with Crippen molar-refractivity contribution in [2.45, 2.75) is 6.61 Å². The van der Waals surface area contributed by atoms with Crippen LogP contribution in [-0.2, 0) is 6.61 Å². The zero-order valence-electron chi connectivity index (χ0n) is 23.1. The van der Waals surface area contributed by atoms with Crippen molar-refractivity contribution in [3.63, 3.8) is 0 Å². The lowest BCUT2D eigenvalue weighted by Crippen LogP contribution is -2.20. The third kappa shape index (κ3) is 4.83. The van der Waals surface area contributed by atoms with Crippen molar-refractivity contribution in [3.05, 3.63) is 117 Å². The lowest BCUT2D eigenvalue weighted by Gasteiger charge is -2.12. The highest BCUT2D eigenvalue weighted by Crippen LogP contribution is 2.39. The number of para-hydroxylation sites is 2. The summed E-state index contributed by atoms with van der Waals surface area (Å²) < 4.78 is 29.2. The minimum Gasteiger partial charge on any atom is -0.493 e. The van der Waals surface area contributed by atoms with Crippen molar-refractivity contribution in [2.24, 2.45) is 5.10 Å². The van der Waals surface area contributed by atoms with E-state index in [2.05, 4.69) is 10.1 Å². The molecule has 0 saturated heterocycles. The fourth-order valence-corrected chi connectivity index (χ4v) is 4.91. The van der Waals surface area contributed by atoms with Gasteiger partial charge in [0, 0.05) is 17.0 Å². The van der Waals surface area contributed by atoms with Crippen LogP contribution in [0.5, 0.6) is 23.0 Å². The van der Waals surface area contributed by atoms with Gasteiger partial charge in [-0.25, -0.2) is 4.98 Å². The van der Waals surface area contributed by atoms with Gasteiger partial charge in [-0.05, 0) is 48.0 Å². The van der Waals surface area contributed by atoms with Crippen molar-refractivity contribution in [2.75, 3.05) is 13.9 Å². The average molecular weight is 591 g/mol. The molecule has 0 unspecified atom stereocenters. The molecule has 0 saturated carbocycles. The molecule has 12 heteroatoms. The number of methoxy groups -OCH3 is 1. The normalized spacial score (nSPS) is 12.3. The van der Waals surface area contributed by atoms with Crippen LogP contribution in [0, 0.1) is 10.1 Å². The van der Waals surface area contributed by atoms with E-state index in [1.54, 1.807) is 48.5 Å². The lowest BCUT2D eigenvalue weighted by atomic mass is 10.1. The van der Waals surface area contributed by atoms with Crippen molar-refractivity contribution < 1.29 is 28.3 Å². The number of fused-ring (bicyclic) bond motifs is 3. The Kier molecular flexibility index (Phi) is 6.62. The Labute approximate surface area is 248 Å². The summed E-state index contributed by atoms with van der Waals surface area (Å²) in [6, 6.07) is 24.2. The van der Waals surface area contributed by atoms with E-state index in [-0.39, 0.29) is 36.4 Å². The van der Waals surface area contributed by atoms with E-state index in [9.17, 15) is 14.9 Å². The first-order chi connectivity index (χ1) is 21.5. The van der Waals surface area contributed by atoms with Crippen molar-refractivity contribution in [1.82, 2.24) is 9.66 Å². The number of rotatable bonds is 8. The molecule has 2 aromatic heterocycles. The Bertz CT molecular complexity index is 2140. The summed E-state index contributed by atoms with van der Waals surface area (Å²) in [5, 5.41) is 17.7. The molecule has 0 atom stereocenters. The summed E-state index contributed by atoms with van der Waals surface area (Å²) in [7, 11) is 1.38. The summed E-state index contributed by atoms with van der Waals surface area (Å²) in [6.07, 6.45) is 1.32. The topological polar surface area (TPSA) is 140 Å². The summed E-state index contributed by atoms with van der Waals surface area (Å²) in [5.74, 6) is 1.75. The van der Waals surface area contributed by atoms with E-state index in [1.807, 2.05) is 24.3 Å². The number of hydrogen-bond donors (Lipinski definition) is 0. The molecule has 6 aromatic rings. The molecule has 12 nitrogen and oxygen atoms in total. The summed E-state index contributed by atoms with van der Waals surface area (Å²) in [5.41, 5.74) is 1.33. The Hall–Kier alpha value is -6.17. The van der Waals surface area contributed by atoms with Gasteiger partial charge < -0.3 is 23.4 Å². The van der Waals surface area contributed by atoms with Crippen LogP contribution in [0.3, 0.4) is 0 Å². The number of benzene rings is 4. The zero-order chi connectivity index (χ0) is 30.2. The van der Waals surface area contributed by atoms with Gasteiger partial charge in [0.1, 0.15) is 12.2 Å². The van der Waals surface area contributed by atoms with Crippen molar-refractivity contribution in [1.29, 1.82) is 0 Å². The number of nitro benzene ring substituents is 1. The Morgan fingerprint density at radius 2 is 1.84 bits per heavy atom. The van der Waals surface area contributed by atoms with Crippen LogP contribution in [0.2, 0.25) is 0 Å². The van der Waals surface area contributed by atoms with Gasteiger partial charge in [-0.1, -0.05) is 36.4 Å². The molecule has 0 spiro atoms. The molecule has 4 aromatic carbocycles. The molecule has 0 N–H and O–H groups in total. The molecule has 0 amide bonds. The number of ether oxygens (including phenoxy) is 4. The molecule has 44 heavy (non-hydrogen) atoms. The van der Waals surface area contributed by atoms with Crippen LogP contribution in [0.25, 0.3) is 33.5 Å². The van der Waals surface area contributed by atoms with E-state index in [4.69, 9.17) is 23.4 Å². The van der Waals surface area contributed by atoms with Gasteiger partial charge in [0.05, 0.1) is 29.2 Å². The largest absolute Gasteiger partial charge is 0.493 e. The third-order valence-electron chi connectivity index (χ3n) is 7.02. The van der Waals surface area contributed by atoms with E-state index in [0.717, 1.165) is 15.6 Å². The summed E-state index contributed by atoms with van der Waals surface area (Å²) in [4.78, 5) is 29.8. The summed E-state index contributed by atoms with van der Waals surface area (Å²) >= 11 is 0. The molecule has 1 aliphatic rings. The molecule has 0 radical (unpaired) electrons. The van der Waals surface area contributed by atoms with E-state index < -0.39 is 10.5 Å². The molecule has 218 valence electrons. The van der Waals surface area contributed by atoms with Gasteiger partial charge in [0.15, 0.2) is 23.0 Å². The number of aromatic nitrogens is 2. The molecule has 7 rings (SSSR count). The fourth-order valence-electron chi connectivity index (χ4n) is 4.91. The van der Waals surface area contributed by atoms with Gasteiger partial charge in [0.25, 0.3) is 5.56 Å². The first-order valence-electron chi connectivity index (χ1n) is 13.4. The number of hydrogen-bond acceptors (Lipinski definition) is 10. The predicted octanol–water partition coefficient (Wildman–Crippen LogP) is 5.92. The molecular weight excluding hydrogens is 568 g/mol. The second-order valence-corrected chi connectivity index (χ2v) is 9.77. The lowest BCUT2D eigenvalue weighted by molar-refractivity contribution is -0.386. The average Bonchev–Trinajstić information content (AvgIpc) is 3.70. The quantitative estimate of drug-likeness (QED) is 0.120. The monoisotopic (exact) mass is 590 g/mol. The highest BCUT2D eigenvalue weighted by Gasteiger charge is 2.23. The summed E-state index contributed by atoms with van der Waals surface area (Å²) in [6.45, 7) is 0.142. The maximum absolute atomic E-state index is 13.6. The Morgan fingerprint density at radius 3 is 2.68 bits per heavy atom. The smallest absolute Gasteiger partial charge is 0.315 e. The number of furan rings is 1. The van der Waals surface area contributed by atoms with Crippen LogP contribution in [0.1, 0.15) is 11.1 Å². The van der Waals surface area contributed by atoms with Crippen molar-refractivity contribution >= 4 is 33.8 Å². The second kappa shape index (κ2) is 10.9. The third-order valence-corrected chi connectivity index (χ3v) is 7.02. The second-order valence-electron chi connectivity index (χ2n) is 9.77. The molecule has 1 aliphatic heterocycles. The van der Waals surface area contributed by atoms with Crippen LogP contribution < -0.4 is 24.5 Å². The molecular formula is C32H22N4O8. The van der Waals surface area contributed by atoms with Crippen LogP contribution >= 0.6 is 0 Å². The van der Waals surface area contributed by atoms with Crippen LogP contribution in [0.4, 0.5) is 5.69 Å². The standard InChI is InChI=1S/C32H22N4O8/c1-40-28-14-20(12-24(36(38)39)30(28)41-17-19-10-11-26-27(13-19)43-18-42-26)16-33-35-31(29-15-21-6-2-5-9-25(21)44-29)34-23-8-4-3-7-22(23)32(35)37/h2-16H,17-18H2,1H3. The predicted molar refractivity (Wildman–Crippen MR) is 161 cm³/mol. The van der Waals surface area contributed by atoms with E-state index in [1.165, 1.54) is 25.5 Å². The van der Waals surface area contributed by atoms with Gasteiger partial charge in [-0.2, -0.15) is 9.78 Å². The number of nitro groups is 1. The Balaban J connectivity index is 1.27. The fraction of sp³-hybridized carbons (Fsp3) is 0.0938. The van der Waals surface area contributed by atoms with Gasteiger partial charge in [-0.3, -0.25) is 14.9 Å². The SMILES string of the molecule is COc1cc(C=Nn2c(-c3cc4ccccc4o3)nc3ccccc3c2=O)cc([N+](=O)[O-])c1OCc1ccc2c(c1)OCO2. The maximum atomic E-state index is 13.6. The van der Waals surface area contributed by atoms with Gasteiger partial charge in [-0.15, -0.1) is 0 Å². The molecule has 0 fully saturated rings. The van der Waals surface area contributed by atoms with E-state index >= 15 is 0 Å². The van der Waals surface area contributed by atoms with Crippen LogP contribution in [-0.4, -0.2) is 34.7 Å². The zero-order valence-corrected chi connectivity index (χ0v) is 23.1. The number of nitrogens with zero attached hydrogens (tertiary/aromatic N) is 4.